The standard InChI is InChI=1S/C71H85N11O23S2/c1-6-71(43-30-52-56-41(29-40-19-13-14-20-45(40)75-56)33-82(52)61(92)42(43)34-104-66(71)100)105-68(102)103-25-26-106-107-35-51(64(97)98)78-60(91)50(31-55(86)87)76-57(88)44(72)32-73-58(89)48(27-38-15-9-7-10-16-38)77-59(90)49(28-39-17-11-8-12-18-39)79-65(99)70(4,5)36-69(2,3)37-74-53(83)23-21-46(62(93)94)80-67(101)81-47(63(95)96)22-24-54(84)85/h7-20,29-30,44,46-51H,6,21-28,31-37,72H2,1-5H3,(H,73,89)(H,74,83)(H,76,88)(H,77,90)(H,78,91)(H,79,99)(H,84,85)(H,86,87)(H,93,94)(H,95,96)(H,97,98)(H2,80,81,101)/t44-,46-,47-,48-,49-,50-,51-,71-/m0/s1. The number of carboxylic acid groups (broad SMARTS) is 5. The van der Waals surface area contributed by atoms with Crippen molar-refractivity contribution in [2.45, 2.75) is 153 Å². The van der Waals surface area contributed by atoms with Gasteiger partial charge in [-0.1, -0.05) is 135 Å². The SMILES string of the molecule is CC[C@@]1(OC(=O)OCCSSC[C@H](NC(=O)[C@H](CC(=O)O)NC(=O)[C@@H](N)CNC(=O)[C@H](Cc2ccccc2)NC(=O)[C@H](Cc2ccccc2)NC(=O)C(C)(C)CC(C)(C)CNC(=O)CC[C@H](NC(=O)N[C@@H](CCC(=O)O)C(=O)O)C(=O)O)C(=O)O)C(=O)OCc2c1cc1n(c2=O)Cc2cc3ccccc3nc2-1. The minimum Gasteiger partial charge on any atom is -0.481 e. The van der Waals surface area contributed by atoms with Crippen LogP contribution in [0.15, 0.2) is 102 Å². The number of pyridine rings is 2. The van der Waals surface area contributed by atoms with E-state index in [1.54, 1.807) is 101 Å². The summed E-state index contributed by atoms with van der Waals surface area (Å²) in [6.07, 6.45) is -4.54. The number of hydrogen-bond acceptors (Lipinski definition) is 22. The maximum atomic E-state index is 14.5. The van der Waals surface area contributed by atoms with Gasteiger partial charge in [0.2, 0.25) is 41.0 Å². The third-order valence-electron chi connectivity index (χ3n) is 17.4. The number of cyclic esters (lactones) is 1. The van der Waals surface area contributed by atoms with Crippen molar-refractivity contribution >= 4 is 116 Å². The summed E-state index contributed by atoms with van der Waals surface area (Å²) in [5.74, 6) is -14.1. The van der Waals surface area contributed by atoms with Crippen molar-refractivity contribution < 1.29 is 107 Å². The Kier molecular flexibility index (Phi) is 29.3. The van der Waals surface area contributed by atoms with Crippen molar-refractivity contribution in [2.24, 2.45) is 16.6 Å². The number of fused-ring (bicyclic) bond motifs is 5. The number of nitrogens with two attached hydrogens (primary N) is 1. The largest absolute Gasteiger partial charge is 0.509 e. The number of esters is 1. The highest BCUT2D eigenvalue weighted by Gasteiger charge is 2.51. The minimum atomic E-state index is -2.06. The number of aromatic nitrogens is 2. The first-order valence-electron chi connectivity index (χ1n) is 33.8. The van der Waals surface area contributed by atoms with Crippen LogP contribution in [0.25, 0.3) is 22.3 Å². The highest BCUT2D eigenvalue weighted by atomic mass is 33.1. The number of urea groups is 1. The Bertz CT molecular complexity index is 4240. The number of carbonyl (C=O) groups excluding carboxylic acids is 9. The van der Waals surface area contributed by atoms with E-state index in [0.29, 0.717) is 28.0 Å². The summed E-state index contributed by atoms with van der Waals surface area (Å²) in [7, 11) is 1.92. The maximum absolute atomic E-state index is 14.5. The molecule has 7 rings (SSSR count). The molecule has 0 bridgehead atoms. The second-order valence-corrected chi connectivity index (χ2v) is 29.4. The molecule has 15 N–H and O–H groups in total. The van der Waals surface area contributed by atoms with Crippen LogP contribution in [0, 0.1) is 10.8 Å². The molecule has 2 aliphatic rings. The number of carboxylic acids is 5. The average Bonchev–Trinajstić information content (AvgIpc) is 1.61. The zero-order valence-electron chi connectivity index (χ0n) is 59.0. The van der Waals surface area contributed by atoms with E-state index >= 15 is 0 Å². The van der Waals surface area contributed by atoms with E-state index in [1.165, 1.54) is 4.57 Å². The zero-order valence-corrected chi connectivity index (χ0v) is 60.6. The van der Waals surface area contributed by atoms with Gasteiger partial charge < -0.3 is 92.6 Å². The Morgan fingerprint density at radius 1 is 0.654 bits per heavy atom. The van der Waals surface area contributed by atoms with Crippen LogP contribution in [0.2, 0.25) is 0 Å². The molecule has 5 aromatic rings. The summed E-state index contributed by atoms with van der Waals surface area (Å²) in [6, 6.07) is 15.5. The Labute approximate surface area is 619 Å². The molecule has 0 saturated carbocycles. The van der Waals surface area contributed by atoms with E-state index in [0.717, 1.165) is 32.5 Å². The molecular weight excluding hydrogens is 1440 g/mol. The van der Waals surface area contributed by atoms with Gasteiger partial charge in [0.25, 0.3) is 5.56 Å². The molecule has 8 amide bonds. The molecule has 34 nitrogen and oxygen atoms in total. The number of para-hydroxylation sites is 1. The molecule has 8 atom stereocenters. The van der Waals surface area contributed by atoms with Crippen molar-refractivity contribution in [1.82, 2.24) is 52.1 Å². The normalized spacial score (nSPS) is 15.6. The van der Waals surface area contributed by atoms with Crippen molar-refractivity contribution in [3.8, 4) is 11.4 Å². The number of nitrogens with zero attached hydrogens (tertiary/aromatic N) is 2. The van der Waals surface area contributed by atoms with E-state index in [4.69, 9.17) is 30.0 Å². The molecule has 574 valence electrons. The first-order chi connectivity index (χ1) is 50.6. The quantitative estimate of drug-likeness (QED) is 0.0149. The summed E-state index contributed by atoms with van der Waals surface area (Å²) in [6.45, 7) is 7.07. The molecule has 0 radical (unpaired) electrons. The first kappa shape index (κ1) is 83.1. The summed E-state index contributed by atoms with van der Waals surface area (Å²) in [5, 5.41) is 67.9. The number of benzene rings is 3. The summed E-state index contributed by atoms with van der Waals surface area (Å²) < 4.78 is 17.9. The van der Waals surface area contributed by atoms with Gasteiger partial charge in [-0.3, -0.25) is 43.2 Å². The molecule has 0 spiro atoms. The molecule has 0 aliphatic carbocycles. The van der Waals surface area contributed by atoms with Crippen molar-refractivity contribution in [3.05, 3.63) is 135 Å². The van der Waals surface area contributed by atoms with E-state index < -0.39 is 186 Å². The molecular formula is C71H85N11O23S2. The number of amides is 8. The van der Waals surface area contributed by atoms with Crippen LogP contribution in [0.5, 0.6) is 0 Å². The molecule has 0 fully saturated rings. The van der Waals surface area contributed by atoms with Crippen LogP contribution in [0.3, 0.4) is 0 Å². The van der Waals surface area contributed by atoms with Gasteiger partial charge in [-0.05, 0) is 60.4 Å². The van der Waals surface area contributed by atoms with E-state index in [1.807, 2.05) is 35.6 Å². The van der Waals surface area contributed by atoms with Gasteiger partial charge in [0.05, 0.1) is 35.4 Å². The van der Waals surface area contributed by atoms with Crippen LogP contribution in [-0.2, 0) is 103 Å². The number of carbonyl (C=O) groups is 14. The van der Waals surface area contributed by atoms with Crippen molar-refractivity contribution in [3.63, 3.8) is 0 Å². The third-order valence-corrected chi connectivity index (χ3v) is 19.8. The fourth-order valence-electron chi connectivity index (χ4n) is 12.1. The highest BCUT2D eigenvalue weighted by Crippen LogP contribution is 2.41. The molecule has 2 aromatic heterocycles. The van der Waals surface area contributed by atoms with Crippen LogP contribution < -0.4 is 53.8 Å². The van der Waals surface area contributed by atoms with E-state index in [9.17, 15) is 92.3 Å². The fourth-order valence-corrected chi connectivity index (χ4v) is 14.0. The fraction of sp³-hybridized carbons (Fsp3) is 0.437. The van der Waals surface area contributed by atoms with Gasteiger partial charge in [0.1, 0.15) is 55.5 Å². The molecule has 2 aliphatic heterocycles. The monoisotopic (exact) mass is 1520 g/mol. The number of hydrogen-bond donors (Lipinski definition) is 14. The van der Waals surface area contributed by atoms with Gasteiger partial charge in [0, 0.05) is 72.2 Å². The number of ether oxygens (including phenoxy) is 3. The van der Waals surface area contributed by atoms with Crippen molar-refractivity contribution in [1.29, 1.82) is 0 Å². The smallest absolute Gasteiger partial charge is 0.481 e. The predicted octanol–water partition coefficient (Wildman–Crippen LogP) is 2.46. The predicted molar refractivity (Wildman–Crippen MR) is 384 cm³/mol. The number of rotatable bonds is 40. The van der Waals surface area contributed by atoms with Crippen LogP contribution in [0.1, 0.15) is 107 Å². The lowest BCUT2D eigenvalue weighted by molar-refractivity contribution is -0.175. The third kappa shape index (κ3) is 23.4. The first-order valence-corrected chi connectivity index (χ1v) is 36.3. The summed E-state index contributed by atoms with van der Waals surface area (Å²) >= 11 is 0. The van der Waals surface area contributed by atoms with Crippen molar-refractivity contribution in [2.75, 3.05) is 31.2 Å². The Morgan fingerprint density at radius 2 is 1.22 bits per heavy atom. The lowest BCUT2D eigenvalue weighted by Crippen LogP contribution is -2.59. The highest BCUT2D eigenvalue weighted by molar-refractivity contribution is 8.76. The maximum Gasteiger partial charge on any atom is 0.509 e. The zero-order chi connectivity index (χ0) is 78.5. The van der Waals surface area contributed by atoms with E-state index in [-0.39, 0.29) is 74.6 Å². The Morgan fingerprint density at radius 3 is 1.82 bits per heavy atom. The number of aliphatic carboxylic acids is 5. The van der Waals surface area contributed by atoms with Gasteiger partial charge in [-0.2, -0.15) is 0 Å². The Hall–Kier alpha value is -11.1. The van der Waals surface area contributed by atoms with E-state index in [2.05, 4.69) is 37.2 Å². The molecule has 0 saturated heterocycles. The molecule has 3 aromatic carbocycles. The molecule has 107 heavy (non-hydrogen) atoms. The van der Waals surface area contributed by atoms with Gasteiger partial charge in [0.15, 0.2) is 0 Å². The van der Waals surface area contributed by atoms with Gasteiger partial charge in [-0.25, -0.2) is 33.8 Å². The molecule has 36 heteroatoms. The second-order valence-electron chi connectivity index (χ2n) is 26.8. The van der Waals surface area contributed by atoms with Gasteiger partial charge >= 0.3 is 48.0 Å². The topological polar surface area (TPSA) is 525 Å². The minimum absolute atomic E-state index is 0.0137. The second kappa shape index (κ2) is 37.7. The molecule has 0 unspecified atom stereocenters. The summed E-state index contributed by atoms with van der Waals surface area (Å²) in [5.41, 5.74) is 5.40. The van der Waals surface area contributed by atoms with Gasteiger partial charge in [-0.15, -0.1) is 0 Å². The van der Waals surface area contributed by atoms with Crippen LogP contribution in [0.4, 0.5) is 9.59 Å². The van der Waals surface area contributed by atoms with Crippen LogP contribution >= 0.6 is 21.6 Å². The lowest BCUT2D eigenvalue weighted by atomic mass is 9.74. The summed E-state index contributed by atoms with van der Waals surface area (Å²) in [4.78, 5) is 200. The average molecular weight is 1520 g/mol. The Balaban J connectivity index is 0.904. The van der Waals surface area contributed by atoms with Crippen LogP contribution in [-0.4, -0.2) is 192 Å². The lowest BCUT2D eigenvalue weighted by Gasteiger charge is -2.35. The number of nitrogens with one attached hydrogen (secondary N) is 8. The molecule has 4 heterocycles.